The Morgan fingerprint density at radius 3 is 2.69 bits per heavy atom. The number of halogens is 2. The molecule has 0 spiro atoms. The first-order valence-electron chi connectivity index (χ1n) is 8.42. The molecule has 1 aliphatic rings. The van der Waals surface area contributed by atoms with Crippen molar-refractivity contribution >= 4 is 44.8 Å². The number of ether oxygens (including phenoxy) is 1. The maximum absolute atomic E-state index is 12.4. The van der Waals surface area contributed by atoms with Crippen molar-refractivity contribution in [1.82, 2.24) is 4.90 Å². The van der Waals surface area contributed by atoms with E-state index in [0.29, 0.717) is 16.5 Å². The molecule has 3 rings (SSSR count). The van der Waals surface area contributed by atoms with Crippen molar-refractivity contribution < 1.29 is 9.53 Å². The van der Waals surface area contributed by atoms with Crippen LogP contribution in [0.15, 0.2) is 46.9 Å². The molecule has 0 bridgehead atoms. The Bertz CT molecular complexity index is 779. The van der Waals surface area contributed by atoms with E-state index >= 15 is 0 Å². The van der Waals surface area contributed by atoms with Gasteiger partial charge < -0.3 is 19.9 Å². The number of nitrogens with zero attached hydrogens (tertiary/aromatic N) is 2. The molecule has 0 saturated carbocycles. The third kappa shape index (κ3) is 5.13. The van der Waals surface area contributed by atoms with Crippen LogP contribution in [0.5, 0.6) is 5.75 Å². The Kier molecular flexibility index (Phi) is 6.40. The summed E-state index contributed by atoms with van der Waals surface area (Å²) in [4.78, 5) is 16.9. The van der Waals surface area contributed by atoms with Gasteiger partial charge in [0.15, 0.2) is 6.61 Å². The zero-order valence-corrected chi connectivity index (χ0v) is 16.9. The van der Waals surface area contributed by atoms with E-state index in [1.807, 2.05) is 36.4 Å². The highest BCUT2D eigenvalue weighted by atomic mass is 79.9. The number of likely N-dealkylation sites (N-methyl/N-ethyl adjacent to an activating group) is 1. The van der Waals surface area contributed by atoms with Crippen LogP contribution in [0.3, 0.4) is 0 Å². The number of amides is 1. The minimum Gasteiger partial charge on any atom is -0.484 e. The third-order valence-corrected chi connectivity index (χ3v) is 4.97. The molecule has 1 fully saturated rings. The second kappa shape index (κ2) is 8.75. The van der Waals surface area contributed by atoms with Gasteiger partial charge in [0.1, 0.15) is 5.75 Å². The number of rotatable bonds is 5. The van der Waals surface area contributed by atoms with Gasteiger partial charge in [0.05, 0.1) is 11.4 Å². The SMILES string of the molecule is CN1CCN(c2ccc(Cl)cc2NC(=O)COc2cccc(Br)c2)CC1. The number of piperazine rings is 1. The molecular weight excluding hydrogens is 418 g/mol. The van der Waals surface area contributed by atoms with Crippen molar-refractivity contribution in [3.63, 3.8) is 0 Å². The molecule has 1 saturated heterocycles. The largest absolute Gasteiger partial charge is 0.484 e. The molecule has 7 heteroatoms. The van der Waals surface area contributed by atoms with Crippen molar-refractivity contribution in [2.45, 2.75) is 0 Å². The van der Waals surface area contributed by atoms with E-state index in [4.69, 9.17) is 16.3 Å². The molecule has 1 amide bonds. The second-order valence-corrected chi connectivity index (χ2v) is 7.60. The van der Waals surface area contributed by atoms with E-state index in [9.17, 15) is 4.79 Å². The summed E-state index contributed by atoms with van der Waals surface area (Å²) in [7, 11) is 2.11. The predicted octanol–water partition coefficient (Wildman–Crippen LogP) is 3.87. The lowest BCUT2D eigenvalue weighted by Crippen LogP contribution is -2.44. The van der Waals surface area contributed by atoms with Crippen LogP contribution in [0, 0.1) is 0 Å². The van der Waals surface area contributed by atoms with Crippen molar-refractivity contribution in [2.75, 3.05) is 50.1 Å². The highest BCUT2D eigenvalue weighted by Crippen LogP contribution is 2.30. The zero-order chi connectivity index (χ0) is 18.5. The standard InChI is InChI=1S/C19H21BrClN3O2/c1-23-7-9-24(10-8-23)18-6-5-15(21)12-17(18)22-19(25)13-26-16-4-2-3-14(20)11-16/h2-6,11-12H,7-10,13H2,1H3,(H,22,25). The van der Waals surface area contributed by atoms with Gasteiger partial charge in [-0.1, -0.05) is 33.6 Å². The van der Waals surface area contributed by atoms with E-state index in [1.54, 1.807) is 6.07 Å². The van der Waals surface area contributed by atoms with E-state index < -0.39 is 0 Å². The summed E-state index contributed by atoms with van der Waals surface area (Å²) in [6.45, 7) is 3.74. The summed E-state index contributed by atoms with van der Waals surface area (Å²) in [6, 6.07) is 13.0. The van der Waals surface area contributed by atoms with Crippen LogP contribution in [-0.4, -0.2) is 50.6 Å². The van der Waals surface area contributed by atoms with Crippen LogP contribution in [0.1, 0.15) is 0 Å². The van der Waals surface area contributed by atoms with E-state index in [2.05, 4.69) is 38.1 Å². The maximum Gasteiger partial charge on any atom is 0.262 e. The van der Waals surface area contributed by atoms with Gasteiger partial charge in [-0.05, 0) is 43.4 Å². The molecule has 2 aromatic carbocycles. The molecule has 5 nitrogen and oxygen atoms in total. The highest BCUT2D eigenvalue weighted by molar-refractivity contribution is 9.10. The van der Waals surface area contributed by atoms with Gasteiger partial charge in [-0.2, -0.15) is 0 Å². The van der Waals surface area contributed by atoms with Gasteiger partial charge in [0.2, 0.25) is 0 Å². The zero-order valence-electron chi connectivity index (χ0n) is 14.5. The lowest BCUT2D eigenvalue weighted by molar-refractivity contribution is -0.118. The number of carbonyl (C=O) groups excluding carboxylic acids is 1. The summed E-state index contributed by atoms with van der Waals surface area (Å²) in [5.74, 6) is 0.419. The number of hydrogen-bond donors (Lipinski definition) is 1. The van der Waals surface area contributed by atoms with Gasteiger partial charge in [-0.15, -0.1) is 0 Å². The Morgan fingerprint density at radius 2 is 1.96 bits per heavy atom. The summed E-state index contributed by atoms with van der Waals surface area (Å²) in [6.07, 6.45) is 0. The van der Waals surface area contributed by atoms with Gasteiger partial charge in [-0.3, -0.25) is 4.79 Å². The van der Waals surface area contributed by atoms with Crippen LogP contribution in [0.2, 0.25) is 5.02 Å². The number of anilines is 2. The lowest BCUT2D eigenvalue weighted by Gasteiger charge is -2.35. The van der Waals surface area contributed by atoms with Gasteiger partial charge >= 0.3 is 0 Å². The number of hydrogen-bond acceptors (Lipinski definition) is 4. The van der Waals surface area contributed by atoms with E-state index in [1.165, 1.54) is 0 Å². The fourth-order valence-corrected chi connectivity index (χ4v) is 3.37. The molecule has 0 radical (unpaired) electrons. The number of nitrogens with one attached hydrogen (secondary N) is 1. The Morgan fingerprint density at radius 1 is 1.19 bits per heavy atom. The van der Waals surface area contributed by atoms with Crippen molar-refractivity contribution in [3.05, 3.63) is 52.0 Å². The molecular formula is C19H21BrClN3O2. The van der Waals surface area contributed by atoms with Crippen molar-refractivity contribution in [2.24, 2.45) is 0 Å². The van der Waals surface area contributed by atoms with E-state index in [-0.39, 0.29) is 12.5 Å². The lowest BCUT2D eigenvalue weighted by atomic mass is 10.2. The summed E-state index contributed by atoms with van der Waals surface area (Å²) >= 11 is 9.52. The first-order valence-corrected chi connectivity index (χ1v) is 9.59. The van der Waals surface area contributed by atoms with Crippen LogP contribution < -0.4 is 15.0 Å². The quantitative estimate of drug-likeness (QED) is 0.770. The monoisotopic (exact) mass is 437 g/mol. The average molecular weight is 439 g/mol. The average Bonchev–Trinajstić information content (AvgIpc) is 2.61. The molecule has 1 N–H and O–H groups in total. The Balaban J connectivity index is 1.66. The summed E-state index contributed by atoms with van der Waals surface area (Å²) in [5.41, 5.74) is 1.70. The topological polar surface area (TPSA) is 44.8 Å². The van der Waals surface area contributed by atoms with Crippen molar-refractivity contribution in [3.8, 4) is 5.75 Å². The molecule has 0 aliphatic carbocycles. The van der Waals surface area contributed by atoms with Crippen LogP contribution in [0.25, 0.3) is 0 Å². The van der Waals surface area contributed by atoms with Crippen molar-refractivity contribution in [1.29, 1.82) is 0 Å². The normalized spacial score (nSPS) is 15.0. The molecule has 26 heavy (non-hydrogen) atoms. The van der Waals surface area contributed by atoms with Crippen LogP contribution >= 0.6 is 27.5 Å². The van der Waals surface area contributed by atoms with Crippen LogP contribution in [-0.2, 0) is 4.79 Å². The smallest absolute Gasteiger partial charge is 0.262 e. The molecule has 1 aliphatic heterocycles. The van der Waals surface area contributed by atoms with Crippen LogP contribution in [0.4, 0.5) is 11.4 Å². The third-order valence-electron chi connectivity index (χ3n) is 4.24. The fourth-order valence-electron chi connectivity index (χ4n) is 2.82. The minimum atomic E-state index is -0.220. The Hall–Kier alpha value is -1.76. The van der Waals surface area contributed by atoms with Gasteiger partial charge in [0.25, 0.3) is 5.91 Å². The first kappa shape index (κ1) is 19.0. The van der Waals surface area contributed by atoms with E-state index in [0.717, 1.165) is 36.3 Å². The first-order chi connectivity index (χ1) is 12.5. The summed E-state index contributed by atoms with van der Waals surface area (Å²) in [5, 5.41) is 3.52. The number of benzene rings is 2. The number of carbonyl (C=O) groups is 1. The molecule has 2 aromatic rings. The summed E-state index contributed by atoms with van der Waals surface area (Å²) < 4.78 is 6.46. The maximum atomic E-state index is 12.4. The minimum absolute atomic E-state index is 0.0643. The fraction of sp³-hybridized carbons (Fsp3) is 0.316. The molecule has 138 valence electrons. The Labute approximate surface area is 167 Å². The predicted molar refractivity (Wildman–Crippen MR) is 109 cm³/mol. The molecule has 0 atom stereocenters. The molecule has 0 aromatic heterocycles. The molecule has 0 unspecified atom stereocenters. The highest BCUT2D eigenvalue weighted by Gasteiger charge is 2.18. The van der Waals surface area contributed by atoms with Gasteiger partial charge in [0, 0.05) is 35.7 Å². The second-order valence-electron chi connectivity index (χ2n) is 6.25. The molecule has 1 heterocycles. The van der Waals surface area contributed by atoms with Gasteiger partial charge in [-0.25, -0.2) is 0 Å².